The lowest BCUT2D eigenvalue weighted by Crippen LogP contribution is -2.50. The van der Waals surface area contributed by atoms with Crippen LogP contribution in [0.15, 0.2) is 47.5 Å². The highest BCUT2D eigenvalue weighted by Gasteiger charge is 2.40. The number of urea groups is 1. The number of halogens is 2. The molecule has 1 saturated heterocycles. The SMILES string of the molecule is CN(CC1CC(OC2(CN3CCCC3)C=CC=C(Cl)C2)C1)C(=O)Nc1ccccc1Cl. The normalized spacial score (nSPS) is 28.2. The molecule has 7 heteroatoms. The lowest BCUT2D eigenvalue weighted by atomic mass is 9.81. The second kappa shape index (κ2) is 9.95. The molecule has 2 amide bonds. The number of likely N-dealkylation sites (tertiary alicyclic amines) is 1. The number of carbonyl (C=O) groups is 1. The Kier molecular flexibility index (Phi) is 7.27. The third kappa shape index (κ3) is 5.83. The standard InChI is InChI=1S/C24H31Cl2N3O2/c1-28(23(30)27-22-9-3-2-8-21(22)26)16-18-13-20(14-18)31-24(10-6-7-19(25)15-24)17-29-11-4-5-12-29/h2-3,6-10,18,20H,4-5,11-17H2,1H3,(H,27,30). The minimum Gasteiger partial charge on any atom is -0.366 e. The maximum Gasteiger partial charge on any atom is 0.321 e. The molecule has 2 fully saturated rings. The number of nitrogens with one attached hydrogen (secondary N) is 1. The van der Waals surface area contributed by atoms with Gasteiger partial charge in [-0.15, -0.1) is 0 Å². The van der Waals surface area contributed by atoms with Gasteiger partial charge in [-0.1, -0.05) is 47.5 Å². The predicted molar refractivity (Wildman–Crippen MR) is 127 cm³/mol. The van der Waals surface area contributed by atoms with Gasteiger partial charge in [0.05, 0.1) is 16.8 Å². The fourth-order valence-electron chi connectivity index (χ4n) is 4.77. The first-order valence-corrected chi connectivity index (χ1v) is 11.9. The molecule has 0 radical (unpaired) electrons. The molecular weight excluding hydrogens is 433 g/mol. The Hall–Kier alpha value is -1.53. The molecule has 0 bridgehead atoms. The van der Waals surface area contributed by atoms with Gasteiger partial charge in [0.1, 0.15) is 5.60 Å². The van der Waals surface area contributed by atoms with Crippen molar-refractivity contribution in [3.8, 4) is 0 Å². The molecule has 2 aliphatic carbocycles. The number of anilines is 1. The van der Waals surface area contributed by atoms with E-state index in [1.807, 2.05) is 31.3 Å². The lowest BCUT2D eigenvalue weighted by Gasteiger charge is -2.45. The van der Waals surface area contributed by atoms with Crippen LogP contribution in [0.5, 0.6) is 0 Å². The average Bonchev–Trinajstić information content (AvgIpc) is 3.20. The predicted octanol–water partition coefficient (Wildman–Crippen LogP) is 5.52. The number of allylic oxidation sites excluding steroid dienone is 2. The van der Waals surface area contributed by atoms with Crippen molar-refractivity contribution in [2.75, 3.05) is 38.5 Å². The van der Waals surface area contributed by atoms with Crippen LogP contribution in [0, 0.1) is 5.92 Å². The van der Waals surface area contributed by atoms with Crippen LogP contribution in [-0.4, -0.2) is 60.8 Å². The van der Waals surface area contributed by atoms with E-state index in [2.05, 4.69) is 16.3 Å². The summed E-state index contributed by atoms with van der Waals surface area (Å²) in [5.41, 5.74) is 0.299. The molecule has 4 rings (SSSR count). The Labute approximate surface area is 195 Å². The Balaban J connectivity index is 1.26. The second-order valence-corrected chi connectivity index (χ2v) is 9.96. The molecule has 1 atom stereocenters. The van der Waals surface area contributed by atoms with E-state index in [0.717, 1.165) is 43.9 Å². The lowest BCUT2D eigenvalue weighted by molar-refractivity contribution is -0.124. The Bertz CT molecular complexity index is 847. The molecule has 1 saturated carbocycles. The molecular formula is C24H31Cl2N3O2. The number of hydrogen-bond donors (Lipinski definition) is 1. The number of carbonyl (C=O) groups excluding carboxylic acids is 1. The van der Waals surface area contributed by atoms with Crippen LogP contribution in [0.2, 0.25) is 5.02 Å². The summed E-state index contributed by atoms with van der Waals surface area (Å²) in [7, 11) is 1.82. The molecule has 1 N–H and O–H groups in total. The van der Waals surface area contributed by atoms with Crippen LogP contribution in [0.25, 0.3) is 0 Å². The molecule has 1 aliphatic heterocycles. The molecule has 0 aromatic heterocycles. The number of amides is 2. The van der Waals surface area contributed by atoms with Gasteiger partial charge in [0.25, 0.3) is 0 Å². The van der Waals surface area contributed by atoms with Crippen LogP contribution >= 0.6 is 23.2 Å². The third-order valence-corrected chi connectivity index (χ3v) is 7.01. The topological polar surface area (TPSA) is 44.8 Å². The quantitative estimate of drug-likeness (QED) is 0.578. The summed E-state index contributed by atoms with van der Waals surface area (Å²) < 4.78 is 6.64. The highest BCUT2D eigenvalue weighted by molar-refractivity contribution is 6.33. The van der Waals surface area contributed by atoms with E-state index in [1.54, 1.807) is 17.0 Å². The van der Waals surface area contributed by atoms with Crippen LogP contribution in [0.1, 0.15) is 32.1 Å². The molecule has 1 heterocycles. The van der Waals surface area contributed by atoms with Gasteiger partial charge < -0.3 is 19.9 Å². The van der Waals surface area contributed by atoms with E-state index in [9.17, 15) is 4.79 Å². The number of hydrogen-bond acceptors (Lipinski definition) is 3. The largest absolute Gasteiger partial charge is 0.366 e. The van der Waals surface area contributed by atoms with Crippen molar-refractivity contribution in [2.45, 2.75) is 43.8 Å². The summed E-state index contributed by atoms with van der Waals surface area (Å²) >= 11 is 12.5. The highest BCUT2D eigenvalue weighted by atomic mass is 35.5. The molecule has 1 aromatic carbocycles. The highest BCUT2D eigenvalue weighted by Crippen LogP contribution is 2.39. The molecule has 1 aromatic rings. The van der Waals surface area contributed by atoms with Crippen molar-refractivity contribution in [3.05, 3.63) is 52.5 Å². The van der Waals surface area contributed by atoms with Crippen molar-refractivity contribution in [1.82, 2.24) is 9.80 Å². The Morgan fingerprint density at radius 3 is 2.71 bits per heavy atom. The average molecular weight is 464 g/mol. The second-order valence-electron chi connectivity index (χ2n) is 9.07. The number of nitrogens with zero attached hydrogens (tertiary/aromatic N) is 2. The first kappa shape index (κ1) is 22.7. The molecule has 31 heavy (non-hydrogen) atoms. The zero-order valence-electron chi connectivity index (χ0n) is 18.0. The van der Waals surface area contributed by atoms with E-state index >= 15 is 0 Å². The Morgan fingerprint density at radius 2 is 2.00 bits per heavy atom. The summed E-state index contributed by atoms with van der Waals surface area (Å²) in [5, 5.41) is 4.27. The van der Waals surface area contributed by atoms with Crippen LogP contribution < -0.4 is 5.32 Å². The van der Waals surface area contributed by atoms with E-state index in [-0.39, 0.29) is 17.7 Å². The van der Waals surface area contributed by atoms with Gasteiger partial charge in [0.15, 0.2) is 0 Å². The number of benzene rings is 1. The summed E-state index contributed by atoms with van der Waals surface area (Å²) in [6, 6.07) is 7.13. The van der Waals surface area contributed by atoms with Crippen molar-refractivity contribution in [3.63, 3.8) is 0 Å². The maximum atomic E-state index is 12.5. The number of ether oxygens (including phenoxy) is 1. The first-order chi connectivity index (χ1) is 14.9. The fraction of sp³-hybridized carbons (Fsp3) is 0.542. The summed E-state index contributed by atoms with van der Waals surface area (Å²) in [6.07, 6.45) is 11.6. The van der Waals surface area contributed by atoms with Gasteiger partial charge in [-0.3, -0.25) is 0 Å². The first-order valence-electron chi connectivity index (χ1n) is 11.1. The Morgan fingerprint density at radius 1 is 1.26 bits per heavy atom. The van der Waals surface area contributed by atoms with Gasteiger partial charge in [-0.2, -0.15) is 0 Å². The van der Waals surface area contributed by atoms with Crippen LogP contribution in [0.3, 0.4) is 0 Å². The molecule has 168 valence electrons. The number of rotatable bonds is 7. The maximum absolute atomic E-state index is 12.5. The molecule has 0 spiro atoms. The van der Waals surface area contributed by atoms with E-state index < -0.39 is 0 Å². The van der Waals surface area contributed by atoms with Crippen molar-refractivity contribution in [1.29, 1.82) is 0 Å². The zero-order chi connectivity index (χ0) is 21.8. The molecule has 1 unspecified atom stereocenters. The van der Waals surface area contributed by atoms with Gasteiger partial charge >= 0.3 is 6.03 Å². The summed E-state index contributed by atoms with van der Waals surface area (Å²) in [4.78, 5) is 16.7. The van der Waals surface area contributed by atoms with Crippen molar-refractivity contribution < 1.29 is 9.53 Å². The van der Waals surface area contributed by atoms with E-state index in [0.29, 0.717) is 23.2 Å². The fourth-order valence-corrected chi connectivity index (χ4v) is 5.25. The molecule has 5 nitrogen and oxygen atoms in total. The van der Waals surface area contributed by atoms with Gasteiger partial charge in [-0.25, -0.2) is 4.79 Å². The number of para-hydroxylation sites is 1. The van der Waals surface area contributed by atoms with Gasteiger partial charge in [0.2, 0.25) is 0 Å². The van der Waals surface area contributed by atoms with E-state index in [1.165, 1.54) is 12.8 Å². The minimum absolute atomic E-state index is 0.143. The van der Waals surface area contributed by atoms with Crippen LogP contribution in [-0.2, 0) is 4.74 Å². The van der Waals surface area contributed by atoms with Gasteiger partial charge in [-0.05, 0) is 62.9 Å². The van der Waals surface area contributed by atoms with Crippen LogP contribution in [0.4, 0.5) is 10.5 Å². The zero-order valence-corrected chi connectivity index (χ0v) is 19.5. The van der Waals surface area contributed by atoms with E-state index in [4.69, 9.17) is 27.9 Å². The summed E-state index contributed by atoms with van der Waals surface area (Å²) in [5.74, 6) is 0.439. The monoisotopic (exact) mass is 463 g/mol. The summed E-state index contributed by atoms with van der Waals surface area (Å²) in [6.45, 7) is 3.87. The van der Waals surface area contributed by atoms with Gasteiger partial charge in [0, 0.05) is 31.6 Å². The third-order valence-electron chi connectivity index (χ3n) is 6.42. The smallest absolute Gasteiger partial charge is 0.321 e. The van der Waals surface area contributed by atoms with Crippen molar-refractivity contribution >= 4 is 34.9 Å². The molecule has 3 aliphatic rings. The minimum atomic E-state index is -0.334. The van der Waals surface area contributed by atoms with Crippen molar-refractivity contribution in [2.24, 2.45) is 5.92 Å².